The molecule has 3 atom stereocenters. The number of Topliss-reactive ketones (excluding diaryl/α,β-unsaturated/α-hetero) is 1. The van der Waals surface area contributed by atoms with Crippen LogP contribution in [0.1, 0.15) is 98.2 Å². The number of piperidine rings is 2. The summed E-state index contributed by atoms with van der Waals surface area (Å²) < 4.78 is 60.3. The second-order valence-electron chi connectivity index (χ2n) is 17.6. The number of para-hydroxylation sites is 1. The molecule has 2 N–H and O–H groups in total. The maximum Gasteiger partial charge on any atom is 0.259 e. The van der Waals surface area contributed by atoms with Crippen LogP contribution in [-0.4, -0.2) is 87.4 Å². The van der Waals surface area contributed by atoms with Crippen molar-refractivity contribution >= 4 is 45.8 Å². The highest BCUT2D eigenvalue weighted by Crippen LogP contribution is 2.45. The molecule has 6 aliphatic rings. The van der Waals surface area contributed by atoms with Crippen LogP contribution in [0.5, 0.6) is 0 Å². The van der Waals surface area contributed by atoms with Crippen LogP contribution >= 0.6 is 0 Å². The Morgan fingerprint density at radius 3 is 2.30 bits per heavy atom. The summed E-state index contributed by atoms with van der Waals surface area (Å²) in [5, 5.41) is 3.25. The second-order valence-corrected chi connectivity index (χ2v) is 17.6. The number of rotatable bonds is 8. The molecule has 1 saturated carbocycles. The molecule has 60 heavy (non-hydrogen) atoms. The number of halogens is 4. The number of aromatic amines is 1. The van der Waals surface area contributed by atoms with Gasteiger partial charge >= 0.3 is 0 Å². The lowest BCUT2D eigenvalue weighted by Crippen LogP contribution is -2.52. The van der Waals surface area contributed by atoms with Crippen molar-refractivity contribution in [3.8, 4) is 0 Å². The normalized spacial score (nSPS) is 26.1. The number of ketones is 1. The quantitative estimate of drug-likeness (QED) is 0.141. The van der Waals surface area contributed by atoms with Crippen LogP contribution in [0, 0.1) is 23.5 Å². The minimum absolute atomic E-state index is 0. The number of hydrogen-bond acceptors (Lipinski definition) is 7. The zero-order valence-corrected chi connectivity index (χ0v) is 33.3. The fourth-order valence-electron chi connectivity index (χ4n) is 10.9. The van der Waals surface area contributed by atoms with Gasteiger partial charge in [0, 0.05) is 104 Å². The second kappa shape index (κ2) is 14.7. The third kappa shape index (κ3) is 6.36. The maximum atomic E-state index is 16.3. The molecule has 14 heteroatoms. The van der Waals surface area contributed by atoms with E-state index in [9.17, 15) is 28.0 Å². The SMILES string of the molecule is C=C1c2cc3c(cc2C(=O)N1C1CCC(=O)NC1=O)CN(C1CC(C(=O)C2CCN(c4cc(F)c([C@@H]5c6[nH]c7ccccc7c6C[C@@H](C)N5CC(F)F)c(F)c4)CC2)C1)C3.[HH].[HH]. The first-order valence-corrected chi connectivity index (χ1v) is 21.0. The molecule has 316 valence electrons. The number of aromatic nitrogens is 1. The van der Waals surface area contributed by atoms with Crippen LogP contribution in [0.25, 0.3) is 16.6 Å². The van der Waals surface area contributed by atoms with Gasteiger partial charge in [-0.3, -0.25) is 39.2 Å². The lowest BCUT2D eigenvalue weighted by Gasteiger charge is -2.43. The van der Waals surface area contributed by atoms with Crippen LogP contribution in [0.3, 0.4) is 0 Å². The summed E-state index contributed by atoms with van der Waals surface area (Å²) in [4.78, 5) is 61.9. The predicted molar refractivity (Wildman–Crippen MR) is 220 cm³/mol. The Bertz CT molecular complexity index is 2430. The number of nitrogens with zero attached hydrogens (tertiary/aromatic N) is 4. The molecular formula is C46H50F4N6O4. The minimum atomic E-state index is -2.68. The summed E-state index contributed by atoms with van der Waals surface area (Å²) in [6.45, 7) is 7.61. The van der Waals surface area contributed by atoms with E-state index < -0.39 is 42.6 Å². The average Bonchev–Trinajstić information content (AvgIpc) is 3.85. The van der Waals surface area contributed by atoms with E-state index in [1.165, 1.54) is 21.9 Å². The Morgan fingerprint density at radius 1 is 0.933 bits per heavy atom. The van der Waals surface area contributed by atoms with Crippen molar-refractivity contribution < 1.29 is 39.6 Å². The number of anilines is 1. The van der Waals surface area contributed by atoms with Gasteiger partial charge in [-0.05, 0) is 92.5 Å². The molecule has 0 bridgehead atoms. The number of H-pyrrole nitrogens is 1. The number of benzene rings is 3. The van der Waals surface area contributed by atoms with Gasteiger partial charge in [-0.1, -0.05) is 24.8 Å². The smallest absolute Gasteiger partial charge is 0.259 e. The average molecular weight is 827 g/mol. The lowest BCUT2D eigenvalue weighted by atomic mass is 9.72. The van der Waals surface area contributed by atoms with E-state index >= 15 is 8.78 Å². The number of carbonyl (C=O) groups excluding carboxylic acids is 4. The van der Waals surface area contributed by atoms with Gasteiger partial charge in [0.25, 0.3) is 12.3 Å². The van der Waals surface area contributed by atoms with Gasteiger partial charge in [0.15, 0.2) is 0 Å². The van der Waals surface area contributed by atoms with Gasteiger partial charge < -0.3 is 9.88 Å². The fourth-order valence-corrected chi connectivity index (χ4v) is 10.9. The molecule has 0 spiro atoms. The Balaban J connectivity index is 0.00000264. The fraction of sp³-hybridized carbons (Fsp3) is 0.435. The number of imide groups is 1. The first kappa shape index (κ1) is 38.8. The molecule has 3 aromatic carbocycles. The van der Waals surface area contributed by atoms with Crippen LogP contribution in [0.2, 0.25) is 0 Å². The van der Waals surface area contributed by atoms with Crippen molar-refractivity contribution in [1.29, 1.82) is 0 Å². The van der Waals surface area contributed by atoms with E-state index in [2.05, 4.69) is 21.8 Å². The Hall–Kier alpha value is -5.34. The molecular weight excluding hydrogens is 777 g/mol. The third-order valence-electron chi connectivity index (χ3n) is 14.2. The zero-order valence-electron chi connectivity index (χ0n) is 33.3. The van der Waals surface area contributed by atoms with Crippen molar-refractivity contribution in [3.63, 3.8) is 0 Å². The van der Waals surface area contributed by atoms with Gasteiger partial charge in [0.05, 0.1) is 12.6 Å². The molecule has 10 nitrogen and oxygen atoms in total. The van der Waals surface area contributed by atoms with E-state index in [1.807, 2.05) is 48.2 Å². The highest BCUT2D eigenvalue weighted by Gasteiger charge is 2.46. The lowest BCUT2D eigenvalue weighted by molar-refractivity contribution is -0.136. The summed E-state index contributed by atoms with van der Waals surface area (Å²) in [7, 11) is 0. The van der Waals surface area contributed by atoms with Gasteiger partial charge in [0.2, 0.25) is 11.8 Å². The van der Waals surface area contributed by atoms with Gasteiger partial charge in [-0.25, -0.2) is 17.6 Å². The molecule has 1 aliphatic carbocycles. The summed E-state index contributed by atoms with van der Waals surface area (Å²) in [6, 6.07) is 12.1. The van der Waals surface area contributed by atoms with E-state index in [1.54, 1.807) is 0 Å². The standard InChI is InChI=1S/C46H46F4N6O4.2H2/c1-23-13-33-31-5-3-4-6-37(31)51-42(33)43(55(23)22-39(49)50)41-35(47)18-30(19-36(41)48)53-11-9-25(10-12-53)44(58)26-14-29(15-26)54-20-27-16-32-24(2)56(38-7-8-40(57)52-45(38)59)46(60)34(32)17-28(27)21-54;;/h3-6,16-19,23,25-26,29,38-39,43,51H,2,7-15,20-22H2,1H3,(H,52,57,59);2*1H/t23-,26?,29?,38?,43-;;/m1../s1. The highest BCUT2D eigenvalue weighted by molar-refractivity contribution is 6.12. The third-order valence-corrected chi connectivity index (χ3v) is 14.2. The zero-order chi connectivity index (χ0) is 41.7. The van der Waals surface area contributed by atoms with Crippen LogP contribution in [0.15, 0.2) is 55.1 Å². The predicted octanol–water partition coefficient (Wildman–Crippen LogP) is 7.35. The van der Waals surface area contributed by atoms with E-state index in [0.717, 1.165) is 40.4 Å². The van der Waals surface area contributed by atoms with Gasteiger partial charge in [-0.15, -0.1) is 0 Å². The van der Waals surface area contributed by atoms with Crippen molar-refractivity contribution in [2.45, 2.75) is 95.6 Å². The van der Waals surface area contributed by atoms with E-state index in [-0.39, 0.29) is 62.8 Å². The molecule has 2 saturated heterocycles. The van der Waals surface area contributed by atoms with E-state index in [0.29, 0.717) is 73.6 Å². The van der Waals surface area contributed by atoms with E-state index in [4.69, 9.17) is 0 Å². The maximum absolute atomic E-state index is 16.3. The largest absolute Gasteiger partial charge is 0.371 e. The van der Waals surface area contributed by atoms with Gasteiger partial charge in [-0.2, -0.15) is 0 Å². The summed E-state index contributed by atoms with van der Waals surface area (Å²) in [5.74, 6) is -2.64. The molecule has 1 unspecified atom stereocenters. The minimum Gasteiger partial charge on any atom is -0.371 e. The Labute approximate surface area is 347 Å². The first-order valence-electron chi connectivity index (χ1n) is 21.0. The van der Waals surface area contributed by atoms with Crippen LogP contribution in [0.4, 0.5) is 23.2 Å². The number of amides is 3. The van der Waals surface area contributed by atoms with Crippen LogP contribution in [-0.2, 0) is 33.9 Å². The van der Waals surface area contributed by atoms with Crippen LogP contribution < -0.4 is 10.2 Å². The number of hydrogen-bond donors (Lipinski definition) is 2. The van der Waals surface area contributed by atoms with Crippen molar-refractivity contribution in [2.24, 2.45) is 11.8 Å². The molecule has 10 rings (SSSR count). The molecule has 5 aliphatic heterocycles. The highest BCUT2D eigenvalue weighted by atomic mass is 19.3. The van der Waals surface area contributed by atoms with Crippen molar-refractivity contribution in [2.75, 3.05) is 24.5 Å². The number of alkyl halides is 2. The topological polar surface area (TPSA) is 109 Å². The number of carbonyl (C=O) groups is 4. The molecule has 3 amide bonds. The summed E-state index contributed by atoms with van der Waals surface area (Å²) in [5.41, 5.74) is 6.18. The van der Waals surface area contributed by atoms with Crippen molar-refractivity contribution in [3.05, 3.63) is 106 Å². The molecule has 6 heterocycles. The van der Waals surface area contributed by atoms with Crippen molar-refractivity contribution in [1.82, 2.24) is 25.0 Å². The van der Waals surface area contributed by atoms with Gasteiger partial charge in [0.1, 0.15) is 23.5 Å². The monoisotopic (exact) mass is 826 g/mol. The Morgan fingerprint density at radius 2 is 1.62 bits per heavy atom. The first-order chi connectivity index (χ1) is 28.8. The number of fused-ring (bicyclic) bond motifs is 5. The molecule has 0 radical (unpaired) electrons. The summed E-state index contributed by atoms with van der Waals surface area (Å²) >= 11 is 0. The summed E-state index contributed by atoms with van der Waals surface area (Å²) in [6.07, 6.45) is 0.855. The number of nitrogens with one attached hydrogen (secondary N) is 2. The molecule has 4 aromatic rings. The molecule has 1 aromatic heterocycles. The Kier molecular flexibility index (Phi) is 9.51. The molecule has 3 fully saturated rings.